The van der Waals surface area contributed by atoms with Crippen molar-refractivity contribution in [2.45, 2.75) is 26.2 Å². The lowest BCUT2D eigenvalue weighted by Crippen LogP contribution is -2.40. The zero-order valence-electron chi connectivity index (χ0n) is 14.3. The highest BCUT2D eigenvalue weighted by atomic mass is 16.3. The van der Waals surface area contributed by atoms with Gasteiger partial charge in [-0.25, -0.2) is 4.98 Å². The molecule has 5 heteroatoms. The Morgan fingerprint density at radius 1 is 1.32 bits per heavy atom. The Morgan fingerprint density at radius 3 is 3.04 bits per heavy atom. The smallest absolute Gasteiger partial charge is 0.276 e. The number of carbonyl (C=O) groups excluding carboxylic acids is 1. The number of amides is 1. The normalized spacial score (nSPS) is 17.8. The van der Waals surface area contributed by atoms with E-state index >= 15 is 0 Å². The number of hydrogen-bond donors (Lipinski definition) is 0. The van der Waals surface area contributed by atoms with Crippen LogP contribution in [0.15, 0.2) is 47.3 Å². The third-order valence-corrected chi connectivity index (χ3v) is 4.93. The first kappa shape index (κ1) is 15.8. The molecule has 1 aromatic carbocycles. The van der Waals surface area contributed by atoms with E-state index in [0.29, 0.717) is 17.4 Å². The fraction of sp³-hybridized carbons (Fsp3) is 0.350. The van der Waals surface area contributed by atoms with Crippen molar-refractivity contribution in [2.24, 2.45) is 5.92 Å². The summed E-state index contributed by atoms with van der Waals surface area (Å²) in [6.45, 7) is 3.33. The van der Waals surface area contributed by atoms with E-state index in [2.05, 4.69) is 22.1 Å². The van der Waals surface area contributed by atoms with Gasteiger partial charge in [-0.3, -0.25) is 9.78 Å². The van der Waals surface area contributed by atoms with Gasteiger partial charge in [-0.1, -0.05) is 18.2 Å². The van der Waals surface area contributed by atoms with Crippen LogP contribution in [-0.4, -0.2) is 33.9 Å². The van der Waals surface area contributed by atoms with Gasteiger partial charge in [-0.05, 0) is 49.8 Å². The van der Waals surface area contributed by atoms with Crippen molar-refractivity contribution in [1.29, 1.82) is 0 Å². The molecular weight excluding hydrogens is 314 g/mol. The molecule has 5 nitrogen and oxygen atoms in total. The minimum atomic E-state index is -0.0208. The van der Waals surface area contributed by atoms with E-state index in [-0.39, 0.29) is 5.91 Å². The first-order valence-electron chi connectivity index (χ1n) is 8.74. The molecule has 25 heavy (non-hydrogen) atoms. The maximum Gasteiger partial charge on any atom is 0.276 e. The summed E-state index contributed by atoms with van der Waals surface area (Å²) in [5.74, 6) is 1.02. The highest BCUT2D eigenvalue weighted by molar-refractivity contribution is 5.93. The van der Waals surface area contributed by atoms with Gasteiger partial charge in [-0.2, -0.15) is 0 Å². The molecule has 0 saturated carbocycles. The van der Waals surface area contributed by atoms with Gasteiger partial charge in [-0.15, -0.1) is 0 Å². The zero-order chi connectivity index (χ0) is 17.2. The van der Waals surface area contributed by atoms with E-state index in [1.54, 1.807) is 6.92 Å². The third-order valence-electron chi connectivity index (χ3n) is 4.93. The van der Waals surface area contributed by atoms with Crippen molar-refractivity contribution >= 4 is 16.8 Å². The predicted molar refractivity (Wildman–Crippen MR) is 95.3 cm³/mol. The molecule has 2 aromatic heterocycles. The molecule has 1 amide bonds. The van der Waals surface area contributed by atoms with Crippen LogP contribution in [0.5, 0.6) is 0 Å². The van der Waals surface area contributed by atoms with Gasteiger partial charge in [0, 0.05) is 24.7 Å². The first-order valence-corrected chi connectivity index (χ1v) is 8.74. The summed E-state index contributed by atoms with van der Waals surface area (Å²) in [5.41, 5.74) is 2.69. The number of para-hydroxylation sites is 1. The van der Waals surface area contributed by atoms with Gasteiger partial charge in [0.1, 0.15) is 5.76 Å². The van der Waals surface area contributed by atoms with Crippen LogP contribution in [0.3, 0.4) is 0 Å². The van der Waals surface area contributed by atoms with E-state index < -0.39 is 0 Å². The Kier molecular flexibility index (Phi) is 4.22. The van der Waals surface area contributed by atoms with Crippen LogP contribution >= 0.6 is 0 Å². The number of hydrogen-bond acceptors (Lipinski definition) is 4. The van der Waals surface area contributed by atoms with Gasteiger partial charge in [0.05, 0.1) is 5.52 Å². The molecule has 0 unspecified atom stereocenters. The second-order valence-electron chi connectivity index (χ2n) is 6.76. The van der Waals surface area contributed by atoms with Gasteiger partial charge in [0.2, 0.25) is 0 Å². The number of piperidine rings is 1. The van der Waals surface area contributed by atoms with E-state index in [9.17, 15) is 4.79 Å². The lowest BCUT2D eigenvalue weighted by molar-refractivity contribution is 0.0666. The molecule has 1 saturated heterocycles. The molecule has 1 fully saturated rings. The molecule has 1 aliphatic rings. The van der Waals surface area contributed by atoms with Crippen LogP contribution in [0.2, 0.25) is 0 Å². The van der Waals surface area contributed by atoms with E-state index in [0.717, 1.165) is 37.9 Å². The number of benzene rings is 1. The summed E-state index contributed by atoms with van der Waals surface area (Å²) < 4.78 is 5.17. The Hall–Kier alpha value is -2.69. The zero-order valence-corrected chi connectivity index (χ0v) is 14.3. The highest BCUT2D eigenvalue weighted by Crippen LogP contribution is 2.24. The molecule has 3 heterocycles. The lowest BCUT2D eigenvalue weighted by Gasteiger charge is -2.32. The number of pyridine rings is 1. The van der Waals surface area contributed by atoms with Gasteiger partial charge < -0.3 is 9.32 Å². The SMILES string of the molecule is Cc1ocnc1C(=O)N1CCC[C@@H](Cc2cnc3ccccc3c2)C1. The fourth-order valence-corrected chi connectivity index (χ4v) is 3.64. The molecular formula is C20H21N3O2. The van der Waals surface area contributed by atoms with Crippen LogP contribution in [-0.2, 0) is 6.42 Å². The van der Waals surface area contributed by atoms with Crippen LogP contribution in [0.1, 0.15) is 34.7 Å². The Bertz CT molecular complexity index is 903. The number of aryl methyl sites for hydroxylation is 1. The fourth-order valence-electron chi connectivity index (χ4n) is 3.64. The number of rotatable bonds is 3. The van der Waals surface area contributed by atoms with Crippen LogP contribution in [0, 0.1) is 12.8 Å². The highest BCUT2D eigenvalue weighted by Gasteiger charge is 2.27. The maximum atomic E-state index is 12.6. The van der Waals surface area contributed by atoms with E-state index in [1.807, 2.05) is 29.3 Å². The molecule has 4 rings (SSSR count). The molecule has 0 radical (unpaired) electrons. The van der Waals surface area contributed by atoms with Crippen molar-refractivity contribution in [2.75, 3.05) is 13.1 Å². The second kappa shape index (κ2) is 6.67. The predicted octanol–water partition coefficient (Wildman–Crippen LogP) is 3.63. The standard InChI is InChI=1S/C20H21N3O2/c1-14-19(22-13-25-14)20(24)23-8-4-5-15(12-23)9-16-10-17-6-2-3-7-18(17)21-11-16/h2-3,6-7,10-11,13,15H,4-5,8-9,12H2,1H3/t15-/m0/s1. The molecule has 0 bridgehead atoms. The number of fused-ring (bicyclic) bond motifs is 1. The van der Waals surface area contributed by atoms with Gasteiger partial charge in [0.25, 0.3) is 5.91 Å². The molecule has 0 N–H and O–H groups in total. The third kappa shape index (κ3) is 3.27. The van der Waals surface area contributed by atoms with Crippen molar-refractivity contribution in [3.63, 3.8) is 0 Å². The average Bonchev–Trinajstić information content (AvgIpc) is 3.07. The first-order chi connectivity index (χ1) is 12.2. The quantitative estimate of drug-likeness (QED) is 0.733. The van der Waals surface area contributed by atoms with Crippen molar-refractivity contribution < 1.29 is 9.21 Å². The summed E-state index contributed by atoms with van der Waals surface area (Å²) in [6.07, 6.45) is 6.40. The average molecular weight is 335 g/mol. The molecule has 0 aliphatic carbocycles. The summed E-state index contributed by atoms with van der Waals surface area (Å²) >= 11 is 0. The molecule has 128 valence electrons. The Balaban J connectivity index is 1.47. The number of nitrogens with zero attached hydrogens (tertiary/aromatic N) is 3. The van der Waals surface area contributed by atoms with E-state index in [4.69, 9.17) is 4.42 Å². The summed E-state index contributed by atoms with van der Waals surface area (Å²) in [6, 6.07) is 10.4. The Labute approximate surface area is 146 Å². The maximum absolute atomic E-state index is 12.6. The van der Waals surface area contributed by atoms with Crippen molar-refractivity contribution in [1.82, 2.24) is 14.9 Å². The lowest BCUT2D eigenvalue weighted by atomic mass is 9.91. The number of likely N-dealkylation sites (tertiary alicyclic amines) is 1. The minimum Gasteiger partial charge on any atom is -0.448 e. The summed E-state index contributed by atoms with van der Waals surface area (Å²) in [5, 5.41) is 1.17. The van der Waals surface area contributed by atoms with Crippen molar-refractivity contribution in [3.8, 4) is 0 Å². The van der Waals surface area contributed by atoms with Crippen LogP contribution in [0.4, 0.5) is 0 Å². The molecule has 1 aliphatic heterocycles. The summed E-state index contributed by atoms with van der Waals surface area (Å²) in [4.78, 5) is 23.2. The van der Waals surface area contributed by atoms with Crippen LogP contribution in [0.25, 0.3) is 10.9 Å². The summed E-state index contributed by atoms with van der Waals surface area (Å²) in [7, 11) is 0. The largest absolute Gasteiger partial charge is 0.448 e. The molecule has 1 atom stereocenters. The van der Waals surface area contributed by atoms with Gasteiger partial charge >= 0.3 is 0 Å². The number of carbonyl (C=O) groups is 1. The molecule has 0 spiro atoms. The van der Waals surface area contributed by atoms with E-state index in [1.165, 1.54) is 17.3 Å². The monoisotopic (exact) mass is 335 g/mol. The topological polar surface area (TPSA) is 59.2 Å². The number of aromatic nitrogens is 2. The van der Waals surface area contributed by atoms with Crippen LogP contribution < -0.4 is 0 Å². The number of oxazole rings is 1. The second-order valence-corrected chi connectivity index (χ2v) is 6.76. The minimum absolute atomic E-state index is 0.0208. The van der Waals surface area contributed by atoms with Crippen molar-refractivity contribution in [3.05, 3.63) is 59.9 Å². The van der Waals surface area contributed by atoms with Gasteiger partial charge in [0.15, 0.2) is 12.1 Å². The molecule has 3 aromatic rings. The Morgan fingerprint density at radius 2 is 2.20 bits per heavy atom.